The summed E-state index contributed by atoms with van der Waals surface area (Å²) in [5.41, 5.74) is 2.39. The van der Waals surface area contributed by atoms with Crippen molar-refractivity contribution in [1.82, 2.24) is 10.6 Å². The molecular formula is C23H28N2O2. The van der Waals surface area contributed by atoms with Crippen LogP contribution in [0.5, 0.6) is 5.75 Å². The van der Waals surface area contributed by atoms with E-state index in [9.17, 15) is 4.79 Å². The van der Waals surface area contributed by atoms with Gasteiger partial charge in [0.25, 0.3) is 0 Å². The van der Waals surface area contributed by atoms with Crippen molar-refractivity contribution >= 4 is 5.91 Å². The Bertz CT molecular complexity index is 760. The lowest BCUT2D eigenvalue weighted by molar-refractivity contribution is -0.123. The van der Waals surface area contributed by atoms with E-state index in [0.717, 1.165) is 37.1 Å². The number of nitrogens with one attached hydrogen (secondary N) is 2. The standard InChI is InChI=1S/C23H28N2O2/c1-16-22(8-5-13-24-16)25-23(26)21-14-20(21)18-9-11-19(12-10-18)27-15-17-6-3-2-4-7-17/h2-4,6-7,9-12,16,20-22,24H,5,8,13-15H2,1H3,(H,25,26). The normalized spacial score (nSPS) is 27.0. The zero-order chi connectivity index (χ0) is 18.6. The van der Waals surface area contributed by atoms with Crippen LogP contribution in [0.3, 0.4) is 0 Å². The van der Waals surface area contributed by atoms with Crippen LogP contribution in [0.2, 0.25) is 0 Å². The summed E-state index contributed by atoms with van der Waals surface area (Å²) in [6, 6.07) is 19.0. The van der Waals surface area contributed by atoms with Crippen molar-refractivity contribution in [3.05, 3.63) is 65.7 Å². The van der Waals surface area contributed by atoms with E-state index in [1.54, 1.807) is 0 Å². The highest BCUT2D eigenvalue weighted by atomic mass is 16.5. The zero-order valence-electron chi connectivity index (χ0n) is 15.9. The van der Waals surface area contributed by atoms with Gasteiger partial charge in [0.15, 0.2) is 0 Å². The largest absolute Gasteiger partial charge is 0.489 e. The molecule has 1 amide bonds. The first-order chi connectivity index (χ1) is 13.2. The lowest BCUT2D eigenvalue weighted by Crippen LogP contribution is -2.52. The Balaban J connectivity index is 1.28. The Morgan fingerprint density at radius 1 is 1.15 bits per heavy atom. The first-order valence-corrected chi connectivity index (χ1v) is 10.0. The maximum atomic E-state index is 12.6. The maximum absolute atomic E-state index is 12.6. The van der Waals surface area contributed by atoms with Crippen molar-refractivity contribution in [2.24, 2.45) is 5.92 Å². The van der Waals surface area contributed by atoms with E-state index in [0.29, 0.717) is 18.6 Å². The predicted octanol–water partition coefficient (Wildman–Crippen LogP) is 3.63. The Morgan fingerprint density at radius 2 is 1.93 bits per heavy atom. The van der Waals surface area contributed by atoms with Crippen LogP contribution in [0.1, 0.15) is 43.2 Å². The average Bonchev–Trinajstić information content (AvgIpc) is 3.50. The third-order valence-electron chi connectivity index (χ3n) is 5.77. The van der Waals surface area contributed by atoms with E-state index in [-0.39, 0.29) is 17.9 Å². The number of rotatable bonds is 6. The molecule has 2 fully saturated rings. The smallest absolute Gasteiger partial charge is 0.224 e. The van der Waals surface area contributed by atoms with Crippen LogP contribution in [0.15, 0.2) is 54.6 Å². The minimum Gasteiger partial charge on any atom is -0.489 e. The second-order valence-corrected chi connectivity index (χ2v) is 7.79. The molecule has 2 aliphatic rings. The summed E-state index contributed by atoms with van der Waals surface area (Å²) in [5, 5.41) is 6.70. The molecule has 1 aliphatic heterocycles. The quantitative estimate of drug-likeness (QED) is 0.823. The van der Waals surface area contributed by atoms with Crippen molar-refractivity contribution in [1.29, 1.82) is 0 Å². The van der Waals surface area contributed by atoms with Gasteiger partial charge in [-0.05, 0) is 61.9 Å². The predicted molar refractivity (Wildman–Crippen MR) is 107 cm³/mol. The molecule has 0 aromatic heterocycles. The number of benzene rings is 2. The van der Waals surface area contributed by atoms with Gasteiger partial charge in [0, 0.05) is 18.0 Å². The molecule has 1 saturated carbocycles. The summed E-state index contributed by atoms with van der Waals surface area (Å²) < 4.78 is 5.85. The van der Waals surface area contributed by atoms with Crippen LogP contribution in [0.25, 0.3) is 0 Å². The molecule has 0 bridgehead atoms. The Hall–Kier alpha value is -2.33. The van der Waals surface area contributed by atoms with E-state index >= 15 is 0 Å². The summed E-state index contributed by atoms with van der Waals surface area (Å²) in [4.78, 5) is 12.6. The third kappa shape index (κ3) is 4.51. The van der Waals surface area contributed by atoms with Crippen LogP contribution in [-0.4, -0.2) is 24.5 Å². The van der Waals surface area contributed by atoms with E-state index < -0.39 is 0 Å². The van der Waals surface area contributed by atoms with E-state index in [4.69, 9.17) is 4.74 Å². The summed E-state index contributed by atoms with van der Waals surface area (Å²) in [6.45, 7) is 3.78. The van der Waals surface area contributed by atoms with Gasteiger partial charge in [0.2, 0.25) is 5.91 Å². The Labute approximate surface area is 161 Å². The third-order valence-corrected chi connectivity index (χ3v) is 5.77. The second-order valence-electron chi connectivity index (χ2n) is 7.79. The van der Waals surface area contributed by atoms with Crippen molar-refractivity contribution in [3.63, 3.8) is 0 Å². The van der Waals surface area contributed by atoms with Gasteiger partial charge in [-0.15, -0.1) is 0 Å². The number of carbonyl (C=O) groups excluding carboxylic acids is 1. The minimum atomic E-state index is 0.121. The fourth-order valence-corrected chi connectivity index (χ4v) is 3.94. The number of amides is 1. The van der Waals surface area contributed by atoms with Crippen molar-refractivity contribution < 1.29 is 9.53 Å². The van der Waals surface area contributed by atoms with Crippen LogP contribution in [-0.2, 0) is 11.4 Å². The summed E-state index contributed by atoms with van der Waals surface area (Å²) >= 11 is 0. The molecular weight excluding hydrogens is 336 g/mol. The summed E-state index contributed by atoms with van der Waals surface area (Å²) in [5.74, 6) is 1.55. The Morgan fingerprint density at radius 3 is 2.67 bits per heavy atom. The fraction of sp³-hybridized carbons (Fsp3) is 0.435. The van der Waals surface area contributed by atoms with Crippen LogP contribution in [0, 0.1) is 5.92 Å². The van der Waals surface area contributed by atoms with E-state index in [1.165, 1.54) is 5.56 Å². The SMILES string of the molecule is CC1NCCCC1NC(=O)C1CC1c1ccc(OCc2ccccc2)cc1. The van der Waals surface area contributed by atoms with Crippen LogP contribution in [0.4, 0.5) is 0 Å². The highest BCUT2D eigenvalue weighted by Crippen LogP contribution is 2.48. The fourth-order valence-electron chi connectivity index (χ4n) is 3.94. The molecule has 1 heterocycles. The van der Waals surface area contributed by atoms with Gasteiger partial charge in [-0.3, -0.25) is 4.79 Å². The summed E-state index contributed by atoms with van der Waals surface area (Å²) in [7, 11) is 0. The lowest BCUT2D eigenvalue weighted by atomic mass is 9.99. The molecule has 0 radical (unpaired) electrons. The average molecular weight is 364 g/mol. The van der Waals surface area contributed by atoms with Gasteiger partial charge in [0.05, 0.1) is 0 Å². The maximum Gasteiger partial charge on any atom is 0.224 e. The first kappa shape index (κ1) is 18.1. The van der Waals surface area contributed by atoms with Gasteiger partial charge in [-0.2, -0.15) is 0 Å². The van der Waals surface area contributed by atoms with Gasteiger partial charge in [0.1, 0.15) is 12.4 Å². The highest BCUT2D eigenvalue weighted by molar-refractivity contribution is 5.83. The molecule has 4 unspecified atom stereocenters. The van der Waals surface area contributed by atoms with Crippen molar-refractivity contribution in [2.45, 2.75) is 50.8 Å². The van der Waals surface area contributed by atoms with Crippen LogP contribution < -0.4 is 15.4 Å². The van der Waals surface area contributed by atoms with E-state index in [1.807, 2.05) is 30.3 Å². The number of hydrogen-bond donors (Lipinski definition) is 2. The van der Waals surface area contributed by atoms with Gasteiger partial charge >= 0.3 is 0 Å². The molecule has 142 valence electrons. The minimum absolute atomic E-state index is 0.121. The molecule has 1 aliphatic carbocycles. The molecule has 1 saturated heterocycles. The summed E-state index contributed by atoms with van der Waals surface area (Å²) in [6.07, 6.45) is 3.16. The molecule has 2 aromatic rings. The van der Waals surface area contributed by atoms with Gasteiger partial charge < -0.3 is 15.4 Å². The molecule has 2 aromatic carbocycles. The Kier molecular flexibility index (Phi) is 5.44. The molecule has 4 nitrogen and oxygen atoms in total. The molecule has 27 heavy (non-hydrogen) atoms. The second kappa shape index (κ2) is 8.13. The number of ether oxygens (including phenoxy) is 1. The highest BCUT2D eigenvalue weighted by Gasteiger charge is 2.44. The van der Waals surface area contributed by atoms with Gasteiger partial charge in [-0.1, -0.05) is 42.5 Å². The molecule has 4 rings (SSSR count). The molecule has 4 heteroatoms. The zero-order valence-corrected chi connectivity index (χ0v) is 15.9. The molecule has 4 atom stereocenters. The first-order valence-electron chi connectivity index (χ1n) is 10.0. The van der Waals surface area contributed by atoms with Crippen molar-refractivity contribution in [2.75, 3.05) is 6.54 Å². The molecule has 2 N–H and O–H groups in total. The van der Waals surface area contributed by atoms with Crippen LogP contribution >= 0.6 is 0 Å². The lowest BCUT2D eigenvalue weighted by Gasteiger charge is -2.30. The number of hydrogen-bond acceptors (Lipinski definition) is 3. The van der Waals surface area contributed by atoms with Crippen molar-refractivity contribution in [3.8, 4) is 5.75 Å². The topological polar surface area (TPSA) is 50.4 Å². The number of piperidine rings is 1. The number of carbonyl (C=O) groups is 1. The monoisotopic (exact) mass is 364 g/mol. The molecule has 0 spiro atoms. The van der Waals surface area contributed by atoms with E-state index in [2.05, 4.69) is 41.8 Å². The van der Waals surface area contributed by atoms with Gasteiger partial charge in [-0.25, -0.2) is 0 Å².